The molecular formula is C15H13BrN4. The Morgan fingerprint density at radius 3 is 2.65 bits per heavy atom. The Kier molecular flexibility index (Phi) is 3.28. The first kappa shape index (κ1) is 12.9. The smallest absolute Gasteiger partial charge is 0.153 e. The average molecular weight is 329 g/mol. The van der Waals surface area contributed by atoms with E-state index in [1.54, 1.807) is 12.4 Å². The third-order valence-corrected chi connectivity index (χ3v) is 4.16. The molecule has 0 bridgehead atoms. The molecule has 0 unspecified atom stereocenters. The second-order valence-corrected chi connectivity index (χ2v) is 5.36. The standard InChI is InChI=1S/C15H13BrN4/c1-9-11(3-2-4-12(9)16)14-13(15(17)20-19-14)10-5-7-18-8-6-10/h2-8H,1H3,(H3,17,19,20). The number of aromatic amines is 1. The highest BCUT2D eigenvalue weighted by molar-refractivity contribution is 9.10. The second-order valence-electron chi connectivity index (χ2n) is 4.51. The van der Waals surface area contributed by atoms with Gasteiger partial charge in [0, 0.05) is 22.4 Å². The number of rotatable bonds is 2. The van der Waals surface area contributed by atoms with Crippen LogP contribution in [0.5, 0.6) is 0 Å². The van der Waals surface area contributed by atoms with Gasteiger partial charge in [-0.2, -0.15) is 5.10 Å². The van der Waals surface area contributed by atoms with Gasteiger partial charge in [0.25, 0.3) is 0 Å². The fourth-order valence-corrected chi connectivity index (χ4v) is 2.61. The Labute approximate surface area is 125 Å². The zero-order valence-electron chi connectivity index (χ0n) is 10.9. The minimum atomic E-state index is 0.491. The van der Waals surface area contributed by atoms with Gasteiger partial charge in [0.05, 0.1) is 11.3 Å². The van der Waals surface area contributed by atoms with Crippen LogP contribution in [0.15, 0.2) is 47.2 Å². The lowest BCUT2D eigenvalue weighted by Crippen LogP contribution is -1.90. The van der Waals surface area contributed by atoms with Gasteiger partial charge in [0.1, 0.15) is 0 Å². The molecule has 0 saturated carbocycles. The lowest BCUT2D eigenvalue weighted by Gasteiger charge is -2.08. The van der Waals surface area contributed by atoms with Crippen LogP contribution in [0.2, 0.25) is 0 Å². The van der Waals surface area contributed by atoms with E-state index < -0.39 is 0 Å². The summed E-state index contributed by atoms with van der Waals surface area (Å²) in [6.45, 7) is 2.06. The predicted molar refractivity (Wildman–Crippen MR) is 84.1 cm³/mol. The van der Waals surface area contributed by atoms with E-state index in [0.717, 1.165) is 32.4 Å². The van der Waals surface area contributed by atoms with E-state index in [-0.39, 0.29) is 0 Å². The molecule has 0 aliphatic rings. The van der Waals surface area contributed by atoms with Crippen LogP contribution in [0, 0.1) is 6.92 Å². The third-order valence-electron chi connectivity index (χ3n) is 3.30. The number of halogens is 1. The van der Waals surface area contributed by atoms with Crippen LogP contribution in [0.1, 0.15) is 5.56 Å². The molecule has 0 fully saturated rings. The van der Waals surface area contributed by atoms with Crippen LogP contribution in [-0.4, -0.2) is 15.2 Å². The maximum absolute atomic E-state index is 6.02. The molecule has 1 aromatic carbocycles. The number of nitrogen functional groups attached to an aromatic ring is 1. The number of hydrogen-bond donors (Lipinski definition) is 2. The van der Waals surface area contributed by atoms with Gasteiger partial charge in [-0.1, -0.05) is 28.1 Å². The average Bonchev–Trinajstić information content (AvgIpc) is 2.84. The maximum atomic E-state index is 6.02. The van der Waals surface area contributed by atoms with Crippen LogP contribution in [0.3, 0.4) is 0 Å². The molecule has 100 valence electrons. The molecule has 2 aromatic heterocycles. The summed E-state index contributed by atoms with van der Waals surface area (Å²) in [5.74, 6) is 0.491. The van der Waals surface area contributed by atoms with Crippen molar-refractivity contribution in [1.82, 2.24) is 15.2 Å². The topological polar surface area (TPSA) is 67.6 Å². The van der Waals surface area contributed by atoms with E-state index in [1.165, 1.54) is 0 Å². The molecule has 0 spiro atoms. The normalized spacial score (nSPS) is 10.7. The summed E-state index contributed by atoms with van der Waals surface area (Å²) in [4.78, 5) is 4.04. The summed E-state index contributed by atoms with van der Waals surface area (Å²) in [6, 6.07) is 9.93. The van der Waals surface area contributed by atoms with E-state index >= 15 is 0 Å². The molecule has 0 aliphatic heterocycles. The molecule has 2 heterocycles. The van der Waals surface area contributed by atoms with E-state index in [2.05, 4.69) is 44.1 Å². The number of nitrogens with zero attached hydrogens (tertiary/aromatic N) is 2. The van der Waals surface area contributed by atoms with Gasteiger partial charge < -0.3 is 5.73 Å². The molecular weight excluding hydrogens is 316 g/mol. The van der Waals surface area contributed by atoms with E-state index in [4.69, 9.17) is 5.73 Å². The van der Waals surface area contributed by atoms with E-state index in [1.807, 2.05) is 24.3 Å². The Hall–Kier alpha value is -2.14. The van der Waals surface area contributed by atoms with Gasteiger partial charge in [0.2, 0.25) is 0 Å². The quantitative estimate of drug-likeness (QED) is 0.752. The minimum Gasteiger partial charge on any atom is -0.382 e. The number of benzene rings is 1. The number of anilines is 1. The lowest BCUT2D eigenvalue weighted by atomic mass is 9.99. The van der Waals surface area contributed by atoms with Gasteiger partial charge in [-0.25, -0.2) is 0 Å². The molecule has 3 aromatic rings. The lowest BCUT2D eigenvalue weighted by molar-refractivity contribution is 1.10. The molecule has 4 nitrogen and oxygen atoms in total. The zero-order valence-corrected chi connectivity index (χ0v) is 12.5. The summed E-state index contributed by atoms with van der Waals surface area (Å²) in [6.07, 6.45) is 3.50. The molecule has 3 N–H and O–H groups in total. The highest BCUT2D eigenvalue weighted by Gasteiger charge is 2.16. The summed E-state index contributed by atoms with van der Waals surface area (Å²) in [5, 5.41) is 7.20. The summed E-state index contributed by atoms with van der Waals surface area (Å²) < 4.78 is 1.06. The van der Waals surface area contributed by atoms with E-state index in [9.17, 15) is 0 Å². The highest BCUT2D eigenvalue weighted by atomic mass is 79.9. The molecule has 0 radical (unpaired) electrons. The Bertz CT molecular complexity index is 750. The van der Waals surface area contributed by atoms with Gasteiger partial charge in [-0.3, -0.25) is 10.1 Å². The van der Waals surface area contributed by atoms with Gasteiger partial charge in [-0.05, 0) is 36.2 Å². The van der Waals surface area contributed by atoms with Gasteiger partial charge in [-0.15, -0.1) is 0 Å². The first-order valence-corrected chi connectivity index (χ1v) is 6.97. The van der Waals surface area contributed by atoms with Gasteiger partial charge in [0.15, 0.2) is 5.82 Å². The molecule has 20 heavy (non-hydrogen) atoms. The zero-order chi connectivity index (χ0) is 14.1. The molecule has 3 rings (SSSR count). The van der Waals surface area contributed by atoms with Crippen molar-refractivity contribution < 1.29 is 0 Å². The summed E-state index contributed by atoms with van der Waals surface area (Å²) in [5.41, 5.74) is 11.1. The van der Waals surface area contributed by atoms with Crippen LogP contribution in [0.25, 0.3) is 22.4 Å². The third kappa shape index (κ3) is 2.10. The van der Waals surface area contributed by atoms with Crippen molar-refractivity contribution in [1.29, 1.82) is 0 Å². The number of H-pyrrole nitrogens is 1. The second kappa shape index (κ2) is 5.09. The van der Waals surface area contributed by atoms with Crippen molar-refractivity contribution in [3.8, 4) is 22.4 Å². The van der Waals surface area contributed by atoms with Crippen molar-refractivity contribution in [2.24, 2.45) is 0 Å². The largest absolute Gasteiger partial charge is 0.382 e. The van der Waals surface area contributed by atoms with Crippen LogP contribution < -0.4 is 5.73 Å². The molecule has 0 amide bonds. The fraction of sp³-hybridized carbons (Fsp3) is 0.0667. The van der Waals surface area contributed by atoms with Crippen molar-refractivity contribution >= 4 is 21.7 Å². The SMILES string of the molecule is Cc1c(Br)cccc1-c1[nH]nc(N)c1-c1ccncc1. The predicted octanol–water partition coefficient (Wildman–Crippen LogP) is 3.79. The van der Waals surface area contributed by atoms with Crippen LogP contribution in [-0.2, 0) is 0 Å². The fourth-order valence-electron chi connectivity index (χ4n) is 2.24. The Balaban J connectivity index is 2.24. The van der Waals surface area contributed by atoms with Crippen LogP contribution >= 0.6 is 15.9 Å². The molecule has 5 heteroatoms. The van der Waals surface area contributed by atoms with Gasteiger partial charge >= 0.3 is 0 Å². The maximum Gasteiger partial charge on any atom is 0.153 e. The number of nitrogens with two attached hydrogens (primary N) is 1. The van der Waals surface area contributed by atoms with Crippen molar-refractivity contribution in [3.05, 3.63) is 52.8 Å². The first-order valence-electron chi connectivity index (χ1n) is 6.18. The van der Waals surface area contributed by atoms with Crippen molar-refractivity contribution in [3.63, 3.8) is 0 Å². The first-order chi connectivity index (χ1) is 9.68. The Morgan fingerprint density at radius 2 is 1.90 bits per heavy atom. The van der Waals surface area contributed by atoms with Crippen LogP contribution in [0.4, 0.5) is 5.82 Å². The minimum absolute atomic E-state index is 0.491. The van der Waals surface area contributed by atoms with Crippen molar-refractivity contribution in [2.75, 3.05) is 5.73 Å². The summed E-state index contributed by atoms with van der Waals surface area (Å²) >= 11 is 3.56. The number of aromatic nitrogens is 3. The molecule has 0 aliphatic carbocycles. The summed E-state index contributed by atoms with van der Waals surface area (Å²) in [7, 11) is 0. The van der Waals surface area contributed by atoms with Crippen molar-refractivity contribution in [2.45, 2.75) is 6.92 Å². The Morgan fingerprint density at radius 1 is 1.15 bits per heavy atom. The number of nitrogens with one attached hydrogen (secondary N) is 1. The number of pyridine rings is 1. The molecule has 0 saturated heterocycles. The highest BCUT2D eigenvalue weighted by Crippen LogP contribution is 2.37. The van der Waals surface area contributed by atoms with E-state index in [0.29, 0.717) is 5.82 Å². The molecule has 0 atom stereocenters. The monoisotopic (exact) mass is 328 g/mol. The number of hydrogen-bond acceptors (Lipinski definition) is 3.